The molecule has 6 heteroatoms. The molecule has 0 aliphatic carbocycles. The highest BCUT2D eigenvalue weighted by atomic mass is 35.5. The van der Waals surface area contributed by atoms with Crippen LogP contribution in [-0.2, 0) is 13.2 Å². The second kappa shape index (κ2) is 6.84. The van der Waals surface area contributed by atoms with E-state index in [0.717, 1.165) is 0 Å². The Morgan fingerprint density at radius 3 is 2.21 bits per heavy atom. The molecule has 0 saturated carbocycles. The van der Waals surface area contributed by atoms with Crippen molar-refractivity contribution < 1.29 is 15.3 Å². The Bertz CT molecular complexity index is 294. The van der Waals surface area contributed by atoms with Crippen molar-refractivity contribution in [1.29, 1.82) is 0 Å². The summed E-state index contributed by atoms with van der Waals surface area (Å²) in [7, 11) is 0. The number of pyridine rings is 1. The third-order valence-electron chi connectivity index (χ3n) is 1.76. The summed E-state index contributed by atoms with van der Waals surface area (Å²) >= 11 is 0. The van der Waals surface area contributed by atoms with Crippen LogP contribution in [0.4, 0.5) is 0 Å². The number of halogens is 2. The number of aliphatic hydroxyl groups excluding tert-OH is 2. The van der Waals surface area contributed by atoms with Gasteiger partial charge in [-0.2, -0.15) is 0 Å². The lowest BCUT2D eigenvalue weighted by Crippen LogP contribution is -1.98. The quantitative estimate of drug-likeness (QED) is 0.721. The monoisotopic (exact) mass is 241 g/mol. The van der Waals surface area contributed by atoms with Crippen molar-refractivity contribution in [3.05, 3.63) is 23.0 Å². The topological polar surface area (TPSA) is 73.6 Å². The van der Waals surface area contributed by atoms with Crippen molar-refractivity contribution in [3.63, 3.8) is 0 Å². The number of aromatic hydroxyl groups is 1. The number of aliphatic hydroxyl groups is 2. The van der Waals surface area contributed by atoms with E-state index < -0.39 is 0 Å². The first-order valence-corrected chi connectivity index (χ1v) is 3.58. The highest BCUT2D eigenvalue weighted by Crippen LogP contribution is 2.23. The molecule has 0 aliphatic rings. The Morgan fingerprint density at radius 1 is 1.21 bits per heavy atom. The highest BCUT2D eigenvalue weighted by molar-refractivity contribution is 5.85. The predicted octanol–water partition coefficient (Wildman–Crippen LogP) is 0.924. The maximum Gasteiger partial charge on any atom is 0.142 e. The summed E-state index contributed by atoms with van der Waals surface area (Å²) in [6.07, 6.45) is 1.45. The Labute approximate surface area is 94.4 Å². The summed E-state index contributed by atoms with van der Waals surface area (Å²) in [4.78, 5) is 3.84. The van der Waals surface area contributed by atoms with E-state index >= 15 is 0 Å². The van der Waals surface area contributed by atoms with Crippen molar-refractivity contribution in [1.82, 2.24) is 4.98 Å². The minimum absolute atomic E-state index is 0. The van der Waals surface area contributed by atoms with E-state index in [-0.39, 0.29) is 43.8 Å². The summed E-state index contributed by atoms with van der Waals surface area (Å²) in [6.45, 7) is 1.12. The number of hydrogen-bond donors (Lipinski definition) is 3. The van der Waals surface area contributed by atoms with Crippen molar-refractivity contribution in [2.45, 2.75) is 20.1 Å². The fourth-order valence-electron chi connectivity index (χ4n) is 0.997. The molecule has 0 fully saturated rings. The van der Waals surface area contributed by atoms with Gasteiger partial charge in [0.2, 0.25) is 0 Å². The molecule has 0 aliphatic heterocycles. The molecule has 0 saturated heterocycles. The lowest BCUT2D eigenvalue weighted by molar-refractivity contribution is 0.254. The number of rotatable bonds is 2. The Balaban J connectivity index is 0. The van der Waals surface area contributed by atoms with Crippen molar-refractivity contribution in [2.24, 2.45) is 0 Å². The zero-order valence-electron chi connectivity index (χ0n) is 7.60. The molecule has 1 aromatic rings. The summed E-state index contributed by atoms with van der Waals surface area (Å²) < 4.78 is 0. The molecule has 0 unspecified atom stereocenters. The van der Waals surface area contributed by atoms with Gasteiger partial charge in [-0.25, -0.2) is 0 Å². The van der Waals surface area contributed by atoms with Gasteiger partial charge in [0.1, 0.15) is 5.75 Å². The van der Waals surface area contributed by atoms with E-state index in [9.17, 15) is 5.11 Å². The number of aromatic nitrogens is 1. The number of hydrogen-bond acceptors (Lipinski definition) is 4. The standard InChI is InChI=1S/C8H11NO3.2ClH/c1-5-8(12)7(4-11)6(3-10)2-9-5;;/h2,10-12H,3-4H2,1H3;2*1H. The second-order valence-electron chi connectivity index (χ2n) is 2.51. The molecular formula is C8H13Cl2NO3. The predicted molar refractivity (Wildman–Crippen MR) is 57.0 cm³/mol. The summed E-state index contributed by atoms with van der Waals surface area (Å²) in [5.41, 5.74) is 1.27. The molecule has 1 aromatic heterocycles. The second-order valence-corrected chi connectivity index (χ2v) is 2.51. The number of aryl methyl sites for hydroxylation is 1. The molecule has 4 nitrogen and oxygen atoms in total. The largest absolute Gasteiger partial charge is 0.506 e. The van der Waals surface area contributed by atoms with Gasteiger partial charge in [-0.3, -0.25) is 4.98 Å². The summed E-state index contributed by atoms with van der Waals surface area (Å²) in [5, 5.41) is 27.0. The third-order valence-corrected chi connectivity index (χ3v) is 1.76. The zero-order chi connectivity index (χ0) is 9.14. The minimum Gasteiger partial charge on any atom is -0.506 e. The Hall–Kier alpha value is -0.550. The normalized spacial score (nSPS) is 8.79. The van der Waals surface area contributed by atoms with E-state index in [1.807, 2.05) is 0 Å². The van der Waals surface area contributed by atoms with Crippen LogP contribution in [0.2, 0.25) is 0 Å². The van der Waals surface area contributed by atoms with Gasteiger partial charge < -0.3 is 15.3 Å². The fourth-order valence-corrected chi connectivity index (χ4v) is 0.997. The summed E-state index contributed by atoms with van der Waals surface area (Å²) in [5.74, 6) is -0.0379. The first-order chi connectivity index (χ1) is 5.70. The summed E-state index contributed by atoms with van der Waals surface area (Å²) in [6, 6.07) is 0. The molecule has 1 heterocycles. The van der Waals surface area contributed by atoms with Gasteiger partial charge in [-0.05, 0) is 6.92 Å². The van der Waals surface area contributed by atoms with Gasteiger partial charge in [0.25, 0.3) is 0 Å². The van der Waals surface area contributed by atoms with E-state index in [1.165, 1.54) is 6.20 Å². The van der Waals surface area contributed by atoms with Crippen LogP contribution < -0.4 is 0 Å². The highest BCUT2D eigenvalue weighted by Gasteiger charge is 2.09. The first kappa shape index (κ1) is 15.9. The maximum absolute atomic E-state index is 9.38. The van der Waals surface area contributed by atoms with Crippen molar-refractivity contribution in [2.75, 3.05) is 0 Å². The first-order valence-electron chi connectivity index (χ1n) is 3.58. The van der Waals surface area contributed by atoms with Gasteiger partial charge in [-0.1, -0.05) is 0 Å². The zero-order valence-corrected chi connectivity index (χ0v) is 9.23. The molecule has 14 heavy (non-hydrogen) atoms. The minimum atomic E-state index is -0.287. The van der Waals surface area contributed by atoms with E-state index in [1.54, 1.807) is 6.92 Å². The van der Waals surface area contributed by atoms with Gasteiger partial charge in [0.15, 0.2) is 0 Å². The average Bonchev–Trinajstić information content (AvgIpc) is 2.09. The maximum atomic E-state index is 9.38. The molecule has 82 valence electrons. The van der Waals surface area contributed by atoms with E-state index in [0.29, 0.717) is 16.8 Å². The van der Waals surface area contributed by atoms with Crippen LogP contribution in [0.5, 0.6) is 5.75 Å². The molecule has 0 bridgehead atoms. The van der Waals surface area contributed by atoms with Gasteiger partial charge >= 0.3 is 0 Å². The van der Waals surface area contributed by atoms with Crippen molar-refractivity contribution in [3.8, 4) is 5.75 Å². The van der Waals surface area contributed by atoms with E-state index in [2.05, 4.69) is 4.98 Å². The molecule has 3 N–H and O–H groups in total. The lowest BCUT2D eigenvalue weighted by atomic mass is 10.1. The molecule has 0 radical (unpaired) electrons. The lowest BCUT2D eigenvalue weighted by Gasteiger charge is -2.07. The molecule has 0 aromatic carbocycles. The average molecular weight is 242 g/mol. The van der Waals surface area contributed by atoms with Crippen LogP contribution in [0.1, 0.15) is 16.8 Å². The Morgan fingerprint density at radius 2 is 1.79 bits per heavy atom. The third kappa shape index (κ3) is 2.99. The van der Waals surface area contributed by atoms with Gasteiger partial charge in [0.05, 0.1) is 18.9 Å². The molecule has 0 amide bonds. The van der Waals surface area contributed by atoms with Crippen LogP contribution in [0, 0.1) is 6.92 Å². The van der Waals surface area contributed by atoms with Gasteiger partial charge in [0, 0.05) is 17.3 Å². The van der Waals surface area contributed by atoms with Crippen LogP contribution in [0.15, 0.2) is 6.20 Å². The van der Waals surface area contributed by atoms with Crippen LogP contribution in [0.3, 0.4) is 0 Å². The van der Waals surface area contributed by atoms with Crippen LogP contribution >= 0.6 is 24.8 Å². The molecule has 0 atom stereocenters. The number of nitrogens with zero attached hydrogens (tertiary/aromatic N) is 1. The molecule has 0 spiro atoms. The van der Waals surface area contributed by atoms with Crippen molar-refractivity contribution >= 4 is 24.8 Å². The fraction of sp³-hybridized carbons (Fsp3) is 0.375. The van der Waals surface area contributed by atoms with Crippen LogP contribution in [0.25, 0.3) is 0 Å². The molecular weight excluding hydrogens is 229 g/mol. The van der Waals surface area contributed by atoms with Crippen LogP contribution in [-0.4, -0.2) is 20.3 Å². The smallest absolute Gasteiger partial charge is 0.142 e. The Kier molecular flexibility index (Phi) is 7.77. The SMILES string of the molecule is Cc1ncc(CO)c(CO)c1O.Cl.Cl. The molecule has 1 rings (SSSR count). The van der Waals surface area contributed by atoms with Gasteiger partial charge in [-0.15, -0.1) is 24.8 Å². The van der Waals surface area contributed by atoms with E-state index in [4.69, 9.17) is 10.2 Å².